The van der Waals surface area contributed by atoms with Crippen molar-refractivity contribution in [2.45, 2.75) is 39.8 Å². The molecule has 0 saturated carbocycles. The van der Waals surface area contributed by atoms with Crippen molar-refractivity contribution >= 4 is 28.4 Å². The summed E-state index contributed by atoms with van der Waals surface area (Å²) in [5.74, 6) is -0.141. The Bertz CT molecular complexity index is 739. The number of hydrogen-bond donors (Lipinski definition) is 2. The van der Waals surface area contributed by atoms with Crippen molar-refractivity contribution in [1.29, 1.82) is 0 Å². The molecule has 3 N–H and O–H groups in total. The summed E-state index contributed by atoms with van der Waals surface area (Å²) in [7, 11) is 0. The Kier molecular flexibility index (Phi) is 5.29. The topological polar surface area (TPSA) is 80.4 Å². The van der Waals surface area contributed by atoms with Crippen molar-refractivity contribution in [1.82, 2.24) is 9.47 Å². The highest BCUT2D eigenvalue weighted by Crippen LogP contribution is 2.21. The first-order chi connectivity index (χ1) is 11.3. The molecule has 6 heteroatoms. The van der Waals surface area contributed by atoms with Crippen LogP contribution in [-0.4, -0.2) is 39.9 Å². The minimum absolute atomic E-state index is 0.0970. The van der Waals surface area contributed by atoms with Crippen LogP contribution >= 0.6 is 0 Å². The molecule has 0 aliphatic carbocycles. The molecule has 6 nitrogen and oxygen atoms in total. The summed E-state index contributed by atoms with van der Waals surface area (Å²) in [5.41, 5.74) is 6.51. The number of likely N-dealkylation sites (N-methyl/N-ethyl adjacent to an activating group) is 1. The largest absolute Gasteiger partial charge is 0.342 e. The molecule has 0 radical (unpaired) electrons. The van der Waals surface area contributed by atoms with Gasteiger partial charge in [0.2, 0.25) is 11.8 Å². The van der Waals surface area contributed by atoms with Crippen LogP contribution in [0.4, 0.5) is 5.69 Å². The number of nitrogens with two attached hydrogens (primary N) is 1. The van der Waals surface area contributed by atoms with Gasteiger partial charge in [-0.1, -0.05) is 0 Å². The van der Waals surface area contributed by atoms with E-state index in [-0.39, 0.29) is 11.8 Å². The van der Waals surface area contributed by atoms with Crippen LogP contribution in [-0.2, 0) is 16.1 Å². The number of benzene rings is 1. The second kappa shape index (κ2) is 7.05. The molecule has 2 rings (SSSR count). The van der Waals surface area contributed by atoms with Gasteiger partial charge in [-0.15, -0.1) is 0 Å². The van der Waals surface area contributed by atoms with E-state index in [1.165, 1.54) is 0 Å². The lowest BCUT2D eigenvalue weighted by Gasteiger charge is -2.19. The number of aromatic nitrogens is 1. The molecule has 1 aromatic heterocycles. The van der Waals surface area contributed by atoms with E-state index in [0.717, 1.165) is 10.9 Å². The number of carbonyl (C=O) groups is 2. The first-order valence-corrected chi connectivity index (χ1v) is 8.23. The van der Waals surface area contributed by atoms with Gasteiger partial charge in [0.1, 0.15) is 6.54 Å². The Morgan fingerprint density at radius 2 is 1.88 bits per heavy atom. The van der Waals surface area contributed by atoms with E-state index in [2.05, 4.69) is 5.32 Å². The number of hydrogen-bond acceptors (Lipinski definition) is 3. The average molecular weight is 330 g/mol. The van der Waals surface area contributed by atoms with Crippen molar-refractivity contribution < 1.29 is 9.59 Å². The molecule has 0 aliphatic rings. The SMILES string of the molecule is CCN(CC)C(=O)Cn1ccc2cc(NC(=O)C(C)(C)N)ccc21. The number of anilines is 1. The van der Waals surface area contributed by atoms with Crippen molar-refractivity contribution in [2.24, 2.45) is 5.73 Å². The molecule has 0 bridgehead atoms. The predicted octanol–water partition coefficient (Wildman–Crippen LogP) is 2.19. The zero-order valence-electron chi connectivity index (χ0n) is 14.8. The normalized spacial score (nSPS) is 11.5. The van der Waals surface area contributed by atoms with Gasteiger partial charge in [0.05, 0.1) is 5.54 Å². The molecular weight excluding hydrogens is 304 g/mol. The second-order valence-corrected chi connectivity index (χ2v) is 6.46. The second-order valence-electron chi connectivity index (χ2n) is 6.46. The summed E-state index contributed by atoms with van der Waals surface area (Å²) in [6, 6.07) is 7.56. The molecule has 0 aliphatic heterocycles. The van der Waals surface area contributed by atoms with Gasteiger partial charge >= 0.3 is 0 Å². The van der Waals surface area contributed by atoms with Gasteiger partial charge in [-0.05, 0) is 52.0 Å². The van der Waals surface area contributed by atoms with Crippen LogP contribution in [0.1, 0.15) is 27.7 Å². The molecule has 0 saturated heterocycles. The molecule has 0 atom stereocenters. The van der Waals surface area contributed by atoms with Crippen LogP contribution < -0.4 is 11.1 Å². The zero-order chi connectivity index (χ0) is 17.9. The first kappa shape index (κ1) is 18.0. The number of nitrogens with zero attached hydrogens (tertiary/aromatic N) is 2. The van der Waals surface area contributed by atoms with Crippen LogP contribution in [0, 0.1) is 0 Å². The molecule has 2 amide bonds. The number of amides is 2. The highest BCUT2D eigenvalue weighted by molar-refractivity contribution is 5.99. The van der Waals surface area contributed by atoms with Crippen LogP contribution in [0.15, 0.2) is 30.5 Å². The average Bonchev–Trinajstić information content (AvgIpc) is 2.90. The predicted molar refractivity (Wildman–Crippen MR) is 96.8 cm³/mol. The Balaban J connectivity index is 2.19. The van der Waals surface area contributed by atoms with Gasteiger partial charge in [0, 0.05) is 35.9 Å². The maximum Gasteiger partial charge on any atom is 0.243 e. The molecule has 2 aromatic rings. The standard InChI is InChI=1S/C18H26N4O2/c1-5-21(6-2)16(23)12-22-10-9-13-11-14(7-8-15(13)22)20-17(24)18(3,4)19/h7-11H,5-6,12,19H2,1-4H3,(H,20,24). The number of carbonyl (C=O) groups excluding carboxylic acids is 2. The monoisotopic (exact) mass is 330 g/mol. The van der Waals surface area contributed by atoms with Crippen LogP contribution in [0.3, 0.4) is 0 Å². The quantitative estimate of drug-likeness (QED) is 0.852. The minimum atomic E-state index is -0.933. The minimum Gasteiger partial charge on any atom is -0.342 e. The van der Waals surface area contributed by atoms with Crippen LogP contribution in [0.25, 0.3) is 10.9 Å². The molecular formula is C18H26N4O2. The summed E-state index contributed by atoms with van der Waals surface area (Å²) < 4.78 is 1.93. The van der Waals surface area contributed by atoms with Crippen molar-refractivity contribution in [2.75, 3.05) is 18.4 Å². The third-order valence-corrected chi connectivity index (χ3v) is 4.04. The van der Waals surface area contributed by atoms with Gasteiger partial charge < -0.3 is 20.5 Å². The molecule has 0 unspecified atom stereocenters. The van der Waals surface area contributed by atoms with Gasteiger partial charge in [-0.3, -0.25) is 9.59 Å². The van der Waals surface area contributed by atoms with Crippen molar-refractivity contribution in [3.8, 4) is 0 Å². The summed E-state index contributed by atoms with van der Waals surface area (Å²) in [6.07, 6.45) is 1.89. The van der Waals surface area contributed by atoms with Gasteiger partial charge in [-0.2, -0.15) is 0 Å². The summed E-state index contributed by atoms with van der Waals surface area (Å²) >= 11 is 0. The lowest BCUT2D eigenvalue weighted by molar-refractivity contribution is -0.131. The fourth-order valence-corrected chi connectivity index (χ4v) is 2.53. The number of nitrogens with one attached hydrogen (secondary N) is 1. The Morgan fingerprint density at radius 3 is 2.46 bits per heavy atom. The van der Waals surface area contributed by atoms with E-state index in [9.17, 15) is 9.59 Å². The third kappa shape index (κ3) is 3.94. The molecule has 0 spiro atoms. The van der Waals surface area contributed by atoms with E-state index < -0.39 is 5.54 Å². The molecule has 0 fully saturated rings. The maximum atomic E-state index is 12.3. The lowest BCUT2D eigenvalue weighted by atomic mass is 10.1. The molecule has 1 heterocycles. The maximum absolute atomic E-state index is 12.3. The Morgan fingerprint density at radius 1 is 1.21 bits per heavy atom. The van der Waals surface area contributed by atoms with Crippen molar-refractivity contribution in [3.63, 3.8) is 0 Å². The molecule has 24 heavy (non-hydrogen) atoms. The summed E-state index contributed by atoms with van der Waals surface area (Å²) in [6.45, 7) is 9.00. The summed E-state index contributed by atoms with van der Waals surface area (Å²) in [4.78, 5) is 26.1. The van der Waals surface area contributed by atoms with Gasteiger partial charge in [0.25, 0.3) is 0 Å². The highest BCUT2D eigenvalue weighted by Gasteiger charge is 2.22. The zero-order valence-corrected chi connectivity index (χ0v) is 14.8. The van der Waals surface area contributed by atoms with E-state index in [0.29, 0.717) is 25.3 Å². The highest BCUT2D eigenvalue weighted by atomic mass is 16.2. The van der Waals surface area contributed by atoms with E-state index in [1.807, 2.05) is 53.8 Å². The van der Waals surface area contributed by atoms with E-state index >= 15 is 0 Å². The third-order valence-electron chi connectivity index (χ3n) is 4.04. The smallest absolute Gasteiger partial charge is 0.243 e. The van der Waals surface area contributed by atoms with Gasteiger partial charge in [0.15, 0.2) is 0 Å². The fourth-order valence-electron chi connectivity index (χ4n) is 2.53. The lowest BCUT2D eigenvalue weighted by Crippen LogP contribution is -2.45. The van der Waals surface area contributed by atoms with Crippen LogP contribution in [0.5, 0.6) is 0 Å². The Hall–Kier alpha value is -2.34. The van der Waals surface area contributed by atoms with Crippen LogP contribution in [0.2, 0.25) is 0 Å². The fraction of sp³-hybridized carbons (Fsp3) is 0.444. The van der Waals surface area contributed by atoms with E-state index in [4.69, 9.17) is 5.73 Å². The first-order valence-electron chi connectivity index (χ1n) is 8.23. The number of rotatable bonds is 6. The summed E-state index contributed by atoms with van der Waals surface area (Å²) in [5, 5.41) is 3.78. The van der Waals surface area contributed by atoms with E-state index in [1.54, 1.807) is 13.8 Å². The number of fused-ring (bicyclic) bond motifs is 1. The molecule has 1 aromatic carbocycles. The molecule has 130 valence electrons. The van der Waals surface area contributed by atoms with Gasteiger partial charge in [-0.25, -0.2) is 0 Å². The van der Waals surface area contributed by atoms with Crippen molar-refractivity contribution in [3.05, 3.63) is 30.5 Å². The Labute approximate surface area is 142 Å².